The van der Waals surface area contributed by atoms with Gasteiger partial charge in [-0.25, -0.2) is 4.99 Å². The lowest BCUT2D eigenvalue weighted by atomic mass is 9.95. The highest BCUT2D eigenvalue weighted by Gasteiger charge is 2.33. The molecular formula is C16H14N2O2S. The van der Waals surface area contributed by atoms with Gasteiger partial charge in [0, 0.05) is 0 Å². The number of thiocarbonyl (C=S) groups is 1. The number of hydrogen-bond donors (Lipinski definition) is 0. The van der Waals surface area contributed by atoms with Gasteiger partial charge in [0.25, 0.3) is 0 Å². The number of ether oxygens (including phenoxy) is 1. The number of allylic oxidation sites excluding steroid dienone is 3. The molecule has 1 aromatic rings. The minimum Gasteiger partial charge on any atom is -0.497 e. The largest absolute Gasteiger partial charge is 0.497 e. The third kappa shape index (κ3) is 2.64. The summed E-state index contributed by atoms with van der Waals surface area (Å²) < 4.78 is 5.20. The van der Waals surface area contributed by atoms with Crippen LogP contribution in [0.25, 0.3) is 0 Å². The van der Waals surface area contributed by atoms with E-state index in [9.17, 15) is 4.79 Å². The van der Waals surface area contributed by atoms with E-state index in [4.69, 9.17) is 17.0 Å². The molecule has 0 saturated carbocycles. The Labute approximate surface area is 128 Å². The Kier molecular flexibility index (Phi) is 3.66. The smallest absolute Gasteiger partial charge is 0.242 e. The Bertz CT molecular complexity index is 691. The van der Waals surface area contributed by atoms with Gasteiger partial charge in [0.05, 0.1) is 25.3 Å². The van der Waals surface area contributed by atoms with Crippen molar-refractivity contribution in [2.24, 2.45) is 10.9 Å². The topological polar surface area (TPSA) is 41.9 Å². The average molecular weight is 298 g/mol. The van der Waals surface area contributed by atoms with Crippen LogP contribution in [0.15, 0.2) is 53.6 Å². The summed E-state index contributed by atoms with van der Waals surface area (Å²) in [6, 6.07) is 7.59. The summed E-state index contributed by atoms with van der Waals surface area (Å²) >= 11 is 5.26. The zero-order valence-corrected chi connectivity index (χ0v) is 12.3. The number of aliphatic imine (C=N–C) groups is 1. The minimum atomic E-state index is -0.327. The summed E-state index contributed by atoms with van der Waals surface area (Å²) in [6.07, 6.45) is 7.40. The van der Waals surface area contributed by atoms with Gasteiger partial charge in [0.15, 0.2) is 0 Å². The van der Waals surface area contributed by atoms with E-state index in [1.165, 1.54) is 0 Å². The first kappa shape index (κ1) is 13.7. The zero-order valence-electron chi connectivity index (χ0n) is 11.5. The van der Waals surface area contributed by atoms with Crippen LogP contribution in [0.2, 0.25) is 0 Å². The van der Waals surface area contributed by atoms with Crippen molar-refractivity contribution in [3.05, 3.63) is 54.1 Å². The number of nitrogens with zero attached hydrogens (tertiary/aromatic N) is 2. The highest BCUT2D eigenvalue weighted by atomic mass is 32.1. The number of hydrogen-bond acceptors (Lipinski definition) is 3. The number of amides is 1. The van der Waals surface area contributed by atoms with Crippen LogP contribution in [0, 0.1) is 5.92 Å². The van der Waals surface area contributed by atoms with E-state index >= 15 is 0 Å². The van der Waals surface area contributed by atoms with Gasteiger partial charge in [0.1, 0.15) is 5.75 Å². The van der Waals surface area contributed by atoms with E-state index in [2.05, 4.69) is 4.99 Å². The minimum absolute atomic E-state index is 0.0339. The van der Waals surface area contributed by atoms with Gasteiger partial charge < -0.3 is 4.74 Å². The van der Waals surface area contributed by atoms with Crippen LogP contribution in [0.4, 0.5) is 0 Å². The fraction of sp³-hybridized carbons (Fsp3) is 0.188. The molecule has 0 spiro atoms. The van der Waals surface area contributed by atoms with Gasteiger partial charge >= 0.3 is 0 Å². The summed E-state index contributed by atoms with van der Waals surface area (Å²) in [5.74, 6) is 0.397. The maximum Gasteiger partial charge on any atom is 0.242 e. The molecule has 1 aromatic carbocycles. The second-order valence-corrected chi connectivity index (χ2v) is 5.18. The van der Waals surface area contributed by atoms with Gasteiger partial charge in [-0.3, -0.25) is 9.69 Å². The molecule has 1 aliphatic heterocycles. The zero-order chi connectivity index (χ0) is 14.8. The predicted octanol–water partition coefficient (Wildman–Crippen LogP) is 2.51. The summed E-state index contributed by atoms with van der Waals surface area (Å²) in [4.78, 5) is 18.5. The molecule has 0 aromatic heterocycles. The Balaban J connectivity index is 1.87. The first-order chi connectivity index (χ1) is 10.2. The van der Waals surface area contributed by atoms with Crippen molar-refractivity contribution >= 4 is 28.9 Å². The Morgan fingerprint density at radius 1 is 1.38 bits per heavy atom. The molecular weight excluding hydrogens is 284 g/mol. The van der Waals surface area contributed by atoms with Crippen molar-refractivity contribution in [2.45, 2.75) is 6.54 Å². The number of fused-ring (bicyclic) bond motifs is 1. The molecule has 5 heteroatoms. The van der Waals surface area contributed by atoms with Crippen LogP contribution in [-0.2, 0) is 11.3 Å². The third-order valence-electron chi connectivity index (χ3n) is 3.46. The van der Waals surface area contributed by atoms with E-state index in [1.54, 1.807) is 12.0 Å². The normalized spacial score (nSPS) is 20.3. The number of carbonyl (C=O) groups excluding carboxylic acids is 1. The van der Waals surface area contributed by atoms with Crippen LogP contribution < -0.4 is 4.74 Å². The van der Waals surface area contributed by atoms with Crippen molar-refractivity contribution in [3.8, 4) is 5.75 Å². The fourth-order valence-electron chi connectivity index (χ4n) is 2.38. The van der Waals surface area contributed by atoms with E-state index in [0.29, 0.717) is 11.7 Å². The van der Waals surface area contributed by atoms with E-state index in [1.807, 2.05) is 48.6 Å². The third-order valence-corrected chi connectivity index (χ3v) is 3.77. The lowest BCUT2D eigenvalue weighted by Crippen LogP contribution is -2.45. The molecule has 1 amide bonds. The quantitative estimate of drug-likeness (QED) is 0.805. The lowest BCUT2D eigenvalue weighted by Gasteiger charge is -2.30. The molecule has 2 aliphatic rings. The van der Waals surface area contributed by atoms with Gasteiger partial charge in [-0.2, -0.15) is 0 Å². The van der Waals surface area contributed by atoms with Crippen LogP contribution >= 0.6 is 12.2 Å². The molecule has 106 valence electrons. The molecule has 21 heavy (non-hydrogen) atoms. The Morgan fingerprint density at radius 3 is 3.05 bits per heavy atom. The van der Waals surface area contributed by atoms with E-state index in [-0.39, 0.29) is 11.8 Å². The van der Waals surface area contributed by atoms with Crippen LogP contribution in [0.1, 0.15) is 5.56 Å². The number of benzene rings is 1. The van der Waals surface area contributed by atoms with Crippen molar-refractivity contribution in [2.75, 3.05) is 7.11 Å². The molecule has 1 aliphatic carbocycles. The van der Waals surface area contributed by atoms with E-state index < -0.39 is 0 Å². The van der Waals surface area contributed by atoms with Crippen LogP contribution in [-0.4, -0.2) is 28.7 Å². The molecule has 1 unspecified atom stereocenters. The van der Waals surface area contributed by atoms with Crippen LogP contribution in [0.3, 0.4) is 0 Å². The monoisotopic (exact) mass is 298 g/mol. The van der Waals surface area contributed by atoms with Crippen LogP contribution in [0.5, 0.6) is 5.75 Å². The molecule has 4 nitrogen and oxygen atoms in total. The van der Waals surface area contributed by atoms with Gasteiger partial charge in [-0.15, -0.1) is 0 Å². The first-order valence-electron chi connectivity index (χ1n) is 6.61. The van der Waals surface area contributed by atoms with Crippen molar-refractivity contribution in [1.29, 1.82) is 0 Å². The van der Waals surface area contributed by atoms with Gasteiger partial charge in [-0.05, 0) is 36.0 Å². The fourth-order valence-corrected chi connectivity index (χ4v) is 2.64. The van der Waals surface area contributed by atoms with Gasteiger partial charge in [-0.1, -0.05) is 30.4 Å². The summed E-state index contributed by atoms with van der Waals surface area (Å²) in [6.45, 7) is 0.402. The second-order valence-electron chi connectivity index (χ2n) is 4.82. The molecule has 1 heterocycles. The van der Waals surface area contributed by atoms with Crippen molar-refractivity contribution in [1.82, 2.24) is 4.90 Å². The SMILES string of the molecule is COc1cccc(CN2C(=O)C3C=CC=CC3=NC2=S)c1. The summed E-state index contributed by atoms with van der Waals surface area (Å²) in [7, 11) is 1.62. The molecule has 0 N–H and O–H groups in total. The maximum atomic E-state index is 12.6. The first-order valence-corrected chi connectivity index (χ1v) is 7.01. The average Bonchev–Trinajstić information content (AvgIpc) is 2.51. The lowest BCUT2D eigenvalue weighted by molar-refractivity contribution is -0.128. The molecule has 0 fully saturated rings. The van der Waals surface area contributed by atoms with E-state index in [0.717, 1.165) is 17.0 Å². The number of rotatable bonds is 3. The Morgan fingerprint density at radius 2 is 2.24 bits per heavy atom. The molecule has 3 rings (SSSR count). The van der Waals surface area contributed by atoms with Crippen molar-refractivity contribution < 1.29 is 9.53 Å². The Hall–Kier alpha value is -2.27. The molecule has 0 radical (unpaired) electrons. The number of methoxy groups -OCH3 is 1. The molecule has 0 bridgehead atoms. The molecule has 1 atom stereocenters. The maximum absolute atomic E-state index is 12.6. The van der Waals surface area contributed by atoms with Gasteiger partial charge in [0.2, 0.25) is 11.0 Å². The highest BCUT2D eigenvalue weighted by molar-refractivity contribution is 7.80. The highest BCUT2D eigenvalue weighted by Crippen LogP contribution is 2.22. The summed E-state index contributed by atoms with van der Waals surface area (Å²) in [5, 5.41) is 0.314. The summed E-state index contributed by atoms with van der Waals surface area (Å²) in [5.41, 5.74) is 1.67. The second kappa shape index (κ2) is 5.61. The standard InChI is InChI=1S/C16H14N2O2S/c1-20-12-6-4-5-11(9-12)10-18-15(19)13-7-2-3-8-14(13)17-16(18)21/h2-9,13H,10H2,1H3. The van der Waals surface area contributed by atoms with Crippen molar-refractivity contribution in [3.63, 3.8) is 0 Å². The number of carbonyl (C=O) groups is 1. The predicted molar refractivity (Wildman–Crippen MR) is 85.3 cm³/mol. The molecule has 0 saturated heterocycles.